The topological polar surface area (TPSA) is 156 Å². The van der Waals surface area contributed by atoms with Crippen LogP contribution >= 0.6 is 0 Å². The van der Waals surface area contributed by atoms with E-state index in [9.17, 15) is 29.7 Å². The lowest BCUT2D eigenvalue weighted by Gasteiger charge is -2.07. The van der Waals surface area contributed by atoms with Gasteiger partial charge in [0.2, 0.25) is 5.88 Å². The molecule has 120 valence electrons. The van der Waals surface area contributed by atoms with Gasteiger partial charge in [-0.2, -0.15) is 0 Å². The molecular formula is C14H13N3O6. The number of carboxylic acid groups (broad SMARTS) is 1. The van der Waals surface area contributed by atoms with Gasteiger partial charge in [-0.1, -0.05) is 12.1 Å². The van der Waals surface area contributed by atoms with Crippen LogP contribution in [0.4, 0.5) is 0 Å². The summed E-state index contributed by atoms with van der Waals surface area (Å²) < 4.78 is 0. The maximum Gasteiger partial charge on any atom is 0.328 e. The highest BCUT2D eigenvalue weighted by atomic mass is 16.4. The van der Waals surface area contributed by atoms with Gasteiger partial charge in [0.1, 0.15) is 11.3 Å². The summed E-state index contributed by atoms with van der Waals surface area (Å²) in [6, 6.07) is 4.72. The summed E-state index contributed by atoms with van der Waals surface area (Å²) in [5.41, 5.74) is -1.50. The first kappa shape index (κ1) is 16.0. The molecule has 0 aliphatic carbocycles. The monoisotopic (exact) mass is 319 g/mol. The van der Waals surface area contributed by atoms with E-state index >= 15 is 0 Å². The van der Waals surface area contributed by atoms with Gasteiger partial charge in [-0.05, 0) is 17.7 Å². The van der Waals surface area contributed by atoms with E-state index in [1.165, 1.54) is 12.1 Å². The van der Waals surface area contributed by atoms with E-state index in [-0.39, 0.29) is 17.7 Å². The number of benzene rings is 1. The van der Waals surface area contributed by atoms with E-state index in [1.54, 1.807) is 12.1 Å². The molecule has 0 spiro atoms. The third-order valence-corrected chi connectivity index (χ3v) is 2.99. The van der Waals surface area contributed by atoms with E-state index in [0.29, 0.717) is 5.56 Å². The first-order chi connectivity index (χ1) is 10.9. The van der Waals surface area contributed by atoms with Crippen LogP contribution in [0.25, 0.3) is 0 Å². The Morgan fingerprint density at radius 3 is 2.39 bits per heavy atom. The maximum atomic E-state index is 11.5. The second-order valence-corrected chi connectivity index (χ2v) is 4.67. The lowest BCUT2D eigenvalue weighted by atomic mass is 10.1. The SMILES string of the molecule is O=C(O)C(Cc1ccc(O)cc1)N=Cc1c(O)[nH]c(=O)[nH]c1=O. The number of aromatic hydroxyl groups is 2. The summed E-state index contributed by atoms with van der Waals surface area (Å²) in [6.45, 7) is 0. The third kappa shape index (κ3) is 4.06. The smallest absolute Gasteiger partial charge is 0.328 e. The second-order valence-electron chi connectivity index (χ2n) is 4.67. The molecule has 9 nitrogen and oxygen atoms in total. The van der Waals surface area contributed by atoms with Gasteiger partial charge in [0, 0.05) is 12.6 Å². The van der Waals surface area contributed by atoms with Crippen LogP contribution < -0.4 is 11.2 Å². The van der Waals surface area contributed by atoms with Gasteiger partial charge in [0.05, 0.1) is 0 Å². The summed E-state index contributed by atoms with van der Waals surface area (Å²) >= 11 is 0. The molecule has 0 saturated carbocycles. The summed E-state index contributed by atoms with van der Waals surface area (Å²) in [4.78, 5) is 41.4. The van der Waals surface area contributed by atoms with E-state index in [2.05, 4.69) is 4.99 Å². The normalized spacial score (nSPS) is 12.3. The molecule has 1 aromatic heterocycles. The van der Waals surface area contributed by atoms with Crippen LogP contribution in [0.15, 0.2) is 38.8 Å². The number of aliphatic carboxylic acids is 1. The lowest BCUT2D eigenvalue weighted by molar-refractivity contribution is -0.138. The largest absolute Gasteiger partial charge is 0.508 e. The number of hydrogen-bond donors (Lipinski definition) is 5. The minimum absolute atomic E-state index is 0.0220. The van der Waals surface area contributed by atoms with Crippen molar-refractivity contribution in [3.05, 3.63) is 56.2 Å². The molecule has 1 aromatic carbocycles. The van der Waals surface area contributed by atoms with Crippen molar-refractivity contribution in [2.24, 2.45) is 4.99 Å². The van der Waals surface area contributed by atoms with Gasteiger partial charge in [-0.25, -0.2) is 9.59 Å². The fourth-order valence-corrected chi connectivity index (χ4v) is 1.83. The summed E-state index contributed by atoms with van der Waals surface area (Å²) in [7, 11) is 0. The predicted octanol–water partition coefficient (Wildman–Crippen LogP) is -0.411. The maximum absolute atomic E-state index is 11.5. The molecule has 1 unspecified atom stereocenters. The fraction of sp³-hybridized carbons (Fsp3) is 0.143. The standard InChI is InChI=1S/C14H13N3O6/c18-8-3-1-7(2-4-8)5-10(13(21)22)15-6-9-11(19)16-14(23)17-12(9)20/h1-4,6,10,18H,5H2,(H,21,22)(H3,16,17,19,20,23). The third-order valence-electron chi connectivity index (χ3n) is 2.99. The highest BCUT2D eigenvalue weighted by molar-refractivity contribution is 5.85. The molecule has 0 aliphatic heterocycles. The second kappa shape index (κ2) is 6.60. The van der Waals surface area contributed by atoms with Gasteiger partial charge in [-0.15, -0.1) is 0 Å². The number of aromatic amines is 2. The van der Waals surface area contributed by atoms with Crippen molar-refractivity contribution in [1.29, 1.82) is 0 Å². The fourth-order valence-electron chi connectivity index (χ4n) is 1.83. The number of phenols is 1. The summed E-state index contributed by atoms with van der Waals surface area (Å²) in [5.74, 6) is -1.88. The molecule has 2 aromatic rings. The van der Waals surface area contributed by atoms with Crippen LogP contribution in [0.3, 0.4) is 0 Å². The highest BCUT2D eigenvalue weighted by Crippen LogP contribution is 2.13. The quantitative estimate of drug-likeness (QED) is 0.472. The van der Waals surface area contributed by atoms with Crippen LogP contribution in [0.1, 0.15) is 11.1 Å². The van der Waals surface area contributed by atoms with Crippen LogP contribution in [-0.2, 0) is 11.2 Å². The molecule has 1 atom stereocenters. The number of H-pyrrole nitrogens is 2. The number of carboxylic acids is 1. The Morgan fingerprint density at radius 1 is 1.17 bits per heavy atom. The predicted molar refractivity (Wildman–Crippen MR) is 80.2 cm³/mol. The Bertz CT molecular complexity index is 850. The minimum Gasteiger partial charge on any atom is -0.508 e. The van der Waals surface area contributed by atoms with Gasteiger partial charge in [0.15, 0.2) is 6.04 Å². The summed E-state index contributed by atoms with van der Waals surface area (Å²) in [5, 5.41) is 27.9. The van der Waals surface area contributed by atoms with Crippen LogP contribution in [0.5, 0.6) is 11.6 Å². The number of nitrogens with zero attached hydrogens (tertiary/aromatic N) is 1. The van der Waals surface area contributed by atoms with Crippen molar-refractivity contribution in [3.63, 3.8) is 0 Å². The van der Waals surface area contributed by atoms with Gasteiger partial charge >= 0.3 is 11.7 Å². The lowest BCUT2D eigenvalue weighted by Crippen LogP contribution is -2.26. The van der Waals surface area contributed by atoms with Gasteiger partial charge in [0.25, 0.3) is 5.56 Å². The summed E-state index contributed by atoms with van der Waals surface area (Å²) in [6.07, 6.45) is 0.914. The van der Waals surface area contributed by atoms with Gasteiger partial charge in [-0.3, -0.25) is 19.8 Å². The van der Waals surface area contributed by atoms with Crippen LogP contribution in [0.2, 0.25) is 0 Å². The van der Waals surface area contributed by atoms with Crippen LogP contribution in [-0.4, -0.2) is 43.5 Å². The molecule has 0 saturated heterocycles. The molecule has 23 heavy (non-hydrogen) atoms. The molecule has 1 heterocycles. The Kier molecular flexibility index (Phi) is 4.60. The van der Waals surface area contributed by atoms with Gasteiger partial charge < -0.3 is 15.3 Å². The molecule has 0 fully saturated rings. The van der Waals surface area contributed by atoms with Crippen LogP contribution in [0, 0.1) is 0 Å². The molecule has 0 radical (unpaired) electrons. The Labute approximate surface area is 128 Å². The zero-order valence-electron chi connectivity index (χ0n) is 11.7. The highest BCUT2D eigenvalue weighted by Gasteiger charge is 2.17. The number of phenolic OH excluding ortho intramolecular Hbond substituents is 1. The van der Waals surface area contributed by atoms with Crippen molar-refractivity contribution in [2.45, 2.75) is 12.5 Å². The molecule has 2 rings (SSSR count). The van der Waals surface area contributed by atoms with E-state index in [4.69, 9.17) is 0 Å². The molecule has 0 amide bonds. The number of hydrogen-bond acceptors (Lipinski definition) is 6. The molecule has 0 bridgehead atoms. The molecule has 9 heteroatoms. The Hall–Kier alpha value is -3.36. The first-order valence-electron chi connectivity index (χ1n) is 6.46. The van der Waals surface area contributed by atoms with E-state index in [0.717, 1.165) is 6.21 Å². The average Bonchev–Trinajstić information content (AvgIpc) is 2.46. The Balaban J connectivity index is 2.26. The van der Waals surface area contributed by atoms with Crippen molar-refractivity contribution in [3.8, 4) is 11.6 Å². The number of nitrogens with one attached hydrogen (secondary N) is 2. The molecule has 5 N–H and O–H groups in total. The zero-order chi connectivity index (χ0) is 17.0. The van der Waals surface area contributed by atoms with Crippen molar-refractivity contribution in [2.75, 3.05) is 0 Å². The number of carbonyl (C=O) groups is 1. The first-order valence-corrected chi connectivity index (χ1v) is 6.46. The number of rotatable bonds is 5. The van der Waals surface area contributed by atoms with E-state index < -0.39 is 29.1 Å². The minimum atomic E-state index is -1.23. The van der Waals surface area contributed by atoms with Crippen molar-refractivity contribution in [1.82, 2.24) is 9.97 Å². The van der Waals surface area contributed by atoms with Crippen molar-refractivity contribution >= 4 is 12.2 Å². The number of aliphatic imine (C=N–C) groups is 1. The molecular weight excluding hydrogens is 306 g/mol. The average molecular weight is 319 g/mol. The Morgan fingerprint density at radius 2 is 1.83 bits per heavy atom. The zero-order valence-corrected chi connectivity index (χ0v) is 11.7. The van der Waals surface area contributed by atoms with E-state index in [1.807, 2.05) is 9.97 Å². The van der Waals surface area contributed by atoms with Crippen molar-refractivity contribution < 1.29 is 20.1 Å². The molecule has 0 aliphatic rings. The number of aromatic nitrogens is 2.